The number of nitro groups is 1. The number of carbonyl (C=O) groups is 1. The maximum atomic E-state index is 13.9. The molecule has 316 valence electrons. The third kappa shape index (κ3) is 8.67. The van der Waals surface area contributed by atoms with Crippen LogP contribution in [0.3, 0.4) is 0 Å². The number of carbonyl (C=O) groups excluding carboxylic acids is 1. The van der Waals surface area contributed by atoms with Gasteiger partial charge in [0, 0.05) is 93.1 Å². The number of hydrogen-bond donors (Lipinski definition) is 4. The van der Waals surface area contributed by atoms with E-state index in [0.717, 1.165) is 87.4 Å². The zero-order valence-corrected chi connectivity index (χ0v) is 34.3. The lowest BCUT2D eigenvalue weighted by atomic mass is 9.91. The maximum absolute atomic E-state index is 13.9. The van der Waals surface area contributed by atoms with Crippen molar-refractivity contribution in [1.82, 2.24) is 29.8 Å². The van der Waals surface area contributed by atoms with E-state index in [2.05, 4.69) is 58.2 Å². The summed E-state index contributed by atoms with van der Waals surface area (Å²) in [5, 5.41) is 23.1. The van der Waals surface area contributed by atoms with Crippen molar-refractivity contribution in [2.24, 2.45) is 5.92 Å². The lowest BCUT2D eigenvalue weighted by Gasteiger charge is -2.41. The molecule has 2 aliphatic heterocycles. The van der Waals surface area contributed by atoms with E-state index in [0.29, 0.717) is 37.2 Å². The standard InChI is InChI=1S/C44H47N9O7S/c54-44(50-61(57,58)34-9-11-39(41(24-34)53(55)56)46-25-29-13-20-59-21-14-29)38-10-8-32(23-42(38)60-33-22-30-12-15-45-43(30)47-28-33)51-16-18-52(19-17-51)40-7-2-1-4-36-35(5-3-6-37(36)40)31-26-48-49-27-31/h3,5-6,8-12,15,22-24,26-29,40,46H,1-2,4,7,13-14,16-21,25H2,(H,45,47)(H,48,49)(H,50,54). The molecule has 6 aromatic rings. The van der Waals surface area contributed by atoms with Crippen molar-refractivity contribution < 1.29 is 27.6 Å². The Morgan fingerprint density at radius 2 is 1.84 bits per heavy atom. The highest BCUT2D eigenvalue weighted by atomic mass is 32.2. The second-order valence-corrected chi connectivity index (χ2v) is 17.5. The summed E-state index contributed by atoms with van der Waals surface area (Å²) in [5.74, 6) is -0.191. The first kappa shape index (κ1) is 40.1. The molecule has 1 amide bonds. The summed E-state index contributed by atoms with van der Waals surface area (Å²) in [4.78, 5) is 37.3. The van der Waals surface area contributed by atoms with Gasteiger partial charge in [-0.25, -0.2) is 18.1 Å². The van der Waals surface area contributed by atoms with Crippen LogP contribution in [0.2, 0.25) is 0 Å². The van der Waals surface area contributed by atoms with E-state index in [1.54, 1.807) is 30.5 Å². The second kappa shape index (κ2) is 17.4. The Morgan fingerprint density at radius 3 is 2.64 bits per heavy atom. The minimum Gasteiger partial charge on any atom is -0.455 e. The average molecular weight is 846 g/mol. The molecule has 9 rings (SSSR count). The lowest BCUT2D eigenvalue weighted by Crippen LogP contribution is -2.47. The predicted molar refractivity (Wildman–Crippen MR) is 230 cm³/mol. The van der Waals surface area contributed by atoms with Crippen molar-refractivity contribution >= 4 is 44.0 Å². The van der Waals surface area contributed by atoms with Crippen LogP contribution in [0.25, 0.3) is 22.2 Å². The van der Waals surface area contributed by atoms with Gasteiger partial charge in [-0.05, 0) is 91.1 Å². The Balaban J connectivity index is 0.946. The quantitative estimate of drug-likeness (QED) is 0.0549. The van der Waals surface area contributed by atoms with E-state index in [4.69, 9.17) is 9.47 Å². The minimum absolute atomic E-state index is 0.0344. The molecule has 2 saturated heterocycles. The normalized spacial score (nSPS) is 17.7. The van der Waals surface area contributed by atoms with Gasteiger partial charge in [0.1, 0.15) is 22.8 Å². The van der Waals surface area contributed by atoms with Gasteiger partial charge in [0.2, 0.25) is 0 Å². The second-order valence-electron chi connectivity index (χ2n) is 15.8. The van der Waals surface area contributed by atoms with Gasteiger partial charge in [-0.3, -0.25) is 24.9 Å². The Hall–Kier alpha value is -6.30. The topological polar surface area (TPSA) is 201 Å². The van der Waals surface area contributed by atoms with Gasteiger partial charge in [0.05, 0.1) is 27.8 Å². The molecule has 3 aromatic heterocycles. The molecule has 3 aromatic carbocycles. The van der Waals surface area contributed by atoms with Gasteiger partial charge in [0.25, 0.3) is 21.6 Å². The number of ether oxygens (including phenoxy) is 2. The molecule has 1 aliphatic carbocycles. The number of rotatable bonds is 12. The largest absolute Gasteiger partial charge is 0.455 e. The molecule has 0 spiro atoms. The van der Waals surface area contributed by atoms with Crippen LogP contribution >= 0.6 is 0 Å². The number of sulfonamides is 1. The van der Waals surface area contributed by atoms with Crippen LogP contribution in [0.15, 0.2) is 96.4 Å². The van der Waals surface area contributed by atoms with Crippen molar-refractivity contribution in [3.63, 3.8) is 0 Å². The molecule has 16 nitrogen and oxygen atoms in total. The van der Waals surface area contributed by atoms with Crippen molar-refractivity contribution in [1.29, 1.82) is 0 Å². The molecule has 61 heavy (non-hydrogen) atoms. The number of fused-ring (bicyclic) bond motifs is 2. The monoisotopic (exact) mass is 845 g/mol. The minimum atomic E-state index is -4.55. The molecule has 0 radical (unpaired) electrons. The van der Waals surface area contributed by atoms with Gasteiger partial charge in [0.15, 0.2) is 0 Å². The SMILES string of the molecule is O=C(NS(=O)(=O)c1ccc(NCC2CCOCC2)c([N+](=O)[O-])c1)c1ccc(N2CCN(C3CCCCc4c(-c5cn[nH]c5)cccc43)CC2)cc1Oc1cnc2[nH]ccc2c1. The fourth-order valence-corrected chi connectivity index (χ4v) is 9.82. The van der Waals surface area contributed by atoms with E-state index < -0.39 is 31.4 Å². The Bertz CT molecular complexity index is 2650. The highest BCUT2D eigenvalue weighted by molar-refractivity contribution is 7.90. The van der Waals surface area contributed by atoms with E-state index >= 15 is 0 Å². The van der Waals surface area contributed by atoms with Crippen molar-refractivity contribution in [2.45, 2.75) is 49.5 Å². The van der Waals surface area contributed by atoms with Crippen molar-refractivity contribution in [3.8, 4) is 22.6 Å². The van der Waals surface area contributed by atoms with Crippen LogP contribution in [0.4, 0.5) is 17.1 Å². The number of hydrogen-bond acceptors (Lipinski definition) is 12. The predicted octanol–water partition coefficient (Wildman–Crippen LogP) is 7.20. The Morgan fingerprint density at radius 1 is 0.984 bits per heavy atom. The van der Waals surface area contributed by atoms with Crippen molar-refractivity contribution in [3.05, 3.63) is 118 Å². The van der Waals surface area contributed by atoms with E-state index in [-0.39, 0.29) is 22.9 Å². The molecule has 5 heterocycles. The molecule has 1 unspecified atom stereocenters. The first-order chi connectivity index (χ1) is 29.7. The number of pyridine rings is 1. The number of H-pyrrole nitrogens is 2. The van der Waals surface area contributed by atoms with Crippen LogP contribution in [-0.4, -0.2) is 90.3 Å². The number of aromatic amines is 2. The first-order valence-electron chi connectivity index (χ1n) is 20.7. The van der Waals surface area contributed by atoms with Crippen LogP contribution in [0.1, 0.15) is 59.6 Å². The van der Waals surface area contributed by atoms with Crippen LogP contribution < -0.4 is 19.7 Å². The number of nitrogens with zero attached hydrogens (tertiary/aromatic N) is 5. The summed E-state index contributed by atoms with van der Waals surface area (Å²) in [7, 11) is -4.55. The molecule has 17 heteroatoms. The molecule has 2 fully saturated rings. The highest BCUT2D eigenvalue weighted by Gasteiger charge is 2.31. The van der Waals surface area contributed by atoms with Crippen LogP contribution in [0, 0.1) is 16.0 Å². The zero-order valence-electron chi connectivity index (χ0n) is 33.5. The van der Waals surface area contributed by atoms with Gasteiger partial charge in [-0.15, -0.1) is 0 Å². The van der Waals surface area contributed by atoms with Gasteiger partial charge in [-0.1, -0.05) is 24.6 Å². The number of benzene rings is 3. The summed E-state index contributed by atoms with van der Waals surface area (Å²) < 4.78 is 41.2. The van der Waals surface area contributed by atoms with Gasteiger partial charge >= 0.3 is 0 Å². The smallest absolute Gasteiger partial charge is 0.293 e. The number of nitro benzene ring substituents is 1. The fraction of sp³-hybridized carbons (Fsp3) is 0.341. The molecule has 0 saturated carbocycles. The summed E-state index contributed by atoms with van der Waals surface area (Å²) in [6.45, 7) is 4.83. The van der Waals surface area contributed by atoms with E-state index in [9.17, 15) is 23.3 Å². The zero-order chi connectivity index (χ0) is 41.9. The van der Waals surface area contributed by atoms with Crippen molar-refractivity contribution in [2.75, 3.05) is 56.2 Å². The van der Waals surface area contributed by atoms with Gasteiger partial charge in [-0.2, -0.15) is 5.10 Å². The van der Waals surface area contributed by atoms with E-state index in [1.165, 1.54) is 35.0 Å². The first-order valence-corrected chi connectivity index (χ1v) is 22.2. The Kier molecular flexibility index (Phi) is 11.4. The molecular formula is C44H47N9O7S. The number of piperazine rings is 1. The van der Waals surface area contributed by atoms with E-state index in [1.807, 2.05) is 18.5 Å². The number of anilines is 2. The molecular weight excluding hydrogens is 799 g/mol. The molecule has 1 atom stereocenters. The number of amides is 1. The summed E-state index contributed by atoms with van der Waals surface area (Å²) in [6, 6.07) is 19.2. The number of aromatic nitrogens is 4. The maximum Gasteiger partial charge on any atom is 0.293 e. The molecule has 0 bridgehead atoms. The molecule has 4 N–H and O–H groups in total. The highest BCUT2D eigenvalue weighted by Crippen LogP contribution is 2.39. The average Bonchev–Trinajstić information content (AvgIpc) is 3.94. The number of nitrogens with one attached hydrogen (secondary N) is 4. The Labute approximate surface area is 352 Å². The summed E-state index contributed by atoms with van der Waals surface area (Å²) >= 11 is 0. The lowest BCUT2D eigenvalue weighted by molar-refractivity contribution is -0.384. The van der Waals surface area contributed by atoms with Crippen LogP contribution in [0.5, 0.6) is 11.5 Å². The fourth-order valence-electron chi connectivity index (χ4n) is 8.83. The molecule has 3 aliphatic rings. The summed E-state index contributed by atoms with van der Waals surface area (Å²) in [5.41, 5.74) is 6.34. The summed E-state index contributed by atoms with van der Waals surface area (Å²) in [6.07, 6.45) is 13.2. The van der Waals surface area contributed by atoms with Crippen LogP contribution in [-0.2, 0) is 21.2 Å². The van der Waals surface area contributed by atoms with Gasteiger partial charge < -0.3 is 24.7 Å². The third-order valence-electron chi connectivity index (χ3n) is 12.1. The third-order valence-corrected chi connectivity index (χ3v) is 13.4.